The molecule has 0 radical (unpaired) electrons. The Morgan fingerprint density at radius 3 is 2.43 bits per heavy atom. The average molecular weight is 596 g/mol. The van der Waals surface area contributed by atoms with Crippen LogP contribution in [0.25, 0.3) is 22.3 Å². The van der Waals surface area contributed by atoms with Crippen LogP contribution in [0.5, 0.6) is 0 Å². The number of piperazine rings is 1. The summed E-state index contributed by atoms with van der Waals surface area (Å²) >= 11 is 0. The minimum atomic E-state index is -4.71. The third-order valence-electron chi connectivity index (χ3n) is 7.11. The molecule has 4 aromatic rings. The van der Waals surface area contributed by atoms with Gasteiger partial charge in [0.1, 0.15) is 29.8 Å². The van der Waals surface area contributed by atoms with Crippen molar-refractivity contribution in [3.05, 3.63) is 71.4 Å². The summed E-state index contributed by atoms with van der Waals surface area (Å²) in [6.45, 7) is 3.14. The molecule has 3 aromatic heterocycles. The molecule has 1 saturated heterocycles. The maximum absolute atomic E-state index is 15.3. The average Bonchev–Trinajstić information content (AvgIpc) is 3.35. The van der Waals surface area contributed by atoms with Crippen molar-refractivity contribution in [1.29, 1.82) is 0 Å². The predicted octanol–water partition coefficient (Wildman–Crippen LogP) is 5.32. The topological polar surface area (TPSA) is 90.9 Å². The Balaban J connectivity index is 1.29. The highest BCUT2D eigenvalue weighted by atomic mass is 19.4. The van der Waals surface area contributed by atoms with Crippen molar-refractivity contribution in [1.82, 2.24) is 34.7 Å². The number of carbonyl (C=O) groups excluding carboxylic acids is 1. The lowest BCUT2D eigenvalue weighted by atomic mass is 10.1. The van der Waals surface area contributed by atoms with Crippen LogP contribution in [-0.2, 0) is 17.4 Å². The van der Waals surface area contributed by atoms with Crippen molar-refractivity contribution in [2.75, 3.05) is 26.2 Å². The van der Waals surface area contributed by atoms with E-state index in [1.807, 2.05) is 19.1 Å². The summed E-state index contributed by atoms with van der Waals surface area (Å²) in [5, 5.41) is 0. The van der Waals surface area contributed by atoms with Crippen LogP contribution in [0.3, 0.4) is 0 Å². The maximum atomic E-state index is 15.3. The number of nitrogens with zero attached hydrogens (tertiary/aromatic N) is 6. The van der Waals surface area contributed by atoms with Gasteiger partial charge in [0.15, 0.2) is 5.82 Å². The minimum absolute atomic E-state index is 0.0582. The van der Waals surface area contributed by atoms with E-state index in [1.54, 1.807) is 6.20 Å². The molecule has 0 spiro atoms. The van der Waals surface area contributed by atoms with Gasteiger partial charge < -0.3 is 9.88 Å². The zero-order valence-electron chi connectivity index (χ0n) is 22.1. The van der Waals surface area contributed by atoms with Gasteiger partial charge in [-0.2, -0.15) is 26.3 Å². The lowest BCUT2D eigenvalue weighted by molar-refractivity contribution is -0.162. The zero-order valence-corrected chi connectivity index (χ0v) is 22.1. The molecule has 1 unspecified atom stereocenters. The summed E-state index contributed by atoms with van der Waals surface area (Å²) in [7, 11) is 0. The third kappa shape index (κ3) is 6.50. The number of amides is 1. The first-order chi connectivity index (χ1) is 19.8. The first-order valence-electron chi connectivity index (χ1n) is 12.9. The Hall–Kier alpha value is -4.14. The fraction of sp³-hybridized carbons (Fsp3) is 0.370. The number of hydrogen-bond donors (Lipinski definition) is 1. The molecule has 0 bridgehead atoms. The van der Waals surface area contributed by atoms with Crippen molar-refractivity contribution in [3.8, 4) is 11.3 Å². The Kier molecular flexibility index (Phi) is 7.88. The van der Waals surface area contributed by atoms with Crippen molar-refractivity contribution >= 4 is 16.9 Å². The molecule has 1 atom stereocenters. The third-order valence-corrected chi connectivity index (χ3v) is 7.11. The van der Waals surface area contributed by atoms with Gasteiger partial charge in [-0.15, -0.1) is 0 Å². The number of aromatic nitrogens is 5. The largest absolute Gasteiger partial charge is 0.433 e. The van der Waals surface area contributed by atoms with Crippen LogP contribution in [0.1, 0.15) is 42.2 Å². The summed E-state index contributed by atoms with van der Waals surface area (Å²) in [4.78, 5) is 33.9. The number of rotatable bonds is 6. The van der Waals surface area contributed by atoms with Crippen LogP contribution >= 0.6 is 0 Å². The molecule has 1 aromatic carbocycles. The van der Waals surface area contributed by atoms with Crippen molar-refractivity contribution < 1.29 is 35.5 Å². The highest BCUT2D eigenvalue weighted by Gasteiger charge is 2.35. The fourth-order valence-electron chi connectivity index (χ4n) is 4.91. The number of hydrogen-bond acceptors (Lipinski definition) is 6. The van der Waals surface area contributed by atoms with Crippen LogP contribution in [0.4, 0.5) is 30.7 Å². The summed E-state index contributed by atoms with van der Waals surface area (Å²) in [6, 6.07) is 7.05. The van der Waals surface area contributed by atoms with Crippen LogP contribution < -0.4 is 0 Å². The second-order valence-corrected chi connectivity index (χ2v) is 9.93. The number of carbonyl (C=O) groups is 1. The molecule has 42 heavy (non-hydrogen) atoms. The smallest absolute Gasteiger partial charge is 0.342 e. The Labute approximate surface area is 234 Å². The molecule has 1 N–H and O–H groups in total. The summed E-state index contributed by atoms with van der Waals surface area (Å²) in [5.74, 6) is -1.38. The number of imidazole rings is 1. The summed E-state index contributed by atoms with van der Waals surface area (Å²) in [6.07, 6.45) is -8.18. The lowest BCUT2D eigenvalue weighted by Crippen LogP contribution is -2.50. The summed E-state index contributed by atoms with van der Waals surface area (Å²) in [5.41, 5.74) is 0.230. The van der Waals surface area contributed by atoms with Crippen molar-refractivity contribution in [2.24, 2.45) is 0 Å². The monoisotopic (exact) mass is 595 g/mol. The van der Waals surface area contributed by atoms with Gasteiger partial charge in [-0.25, -0.2) is 19.3 Å². The van der Waals surface area contributed by atoms with Crippen LogP contribution in [-0.4, -0.2) is 73.0 Å². The minimum Gasteiger partial charge on any atom is -0.342 e. The van der Waals surface area contributed by atoms with Gasteiger partial charge in [-0.3, -0.25) is 14.7 Å². The van der Waals surface area contributed by atoms with E-state index in [9.17, 15) is 31.1 Å². The fourth-order valence-corrected chi connectivity index (χ4v) is 4.91. The predicted molar refractivity (Wildman–Crippen MR) is 136 cm³/mol. The highest BCUT2D eigenvalue weighted by molar-refractivity contribution is 5.82. The molecular formula is C27H24F7N7O. The van der Waals surface area contributed by atoms with Gasteiger partial charge in [-0.1, -0.05) is 0 Å². The Bertz CT molecular complexity index is 1590. The van der Waals surface area contributed by atoms with E-state index < -0.39 is 36.2 Å². The van der Waals surface area contributed by atoms with Crippen LogP contribution in [0, 0.1) is 5.82 Å². The molecule has 1 aliphatic heterocycles. The lowest BCUT2D eigenvalue weighted by Gasteiger charge is -2.38. The molecule has 15 heteroatoms. The standard InChI is InChI=1S/C27H24F7N7O/c1-15(40-6-8-41(9-7-40)23(42)13-26(29,30)31)16-4-5-35-17(10-16)11-22-38-19-3-2-18(24(28)25(19)39-22)20-12-21(27(32,33)34)37-14-36-20/h2-5,10,12,14-15H,6-9,11,13H2,1H3,(H,38,39). The molecule has 0 saturated carbocycles. The van der Waals surface area contributed by atoms with Gasteiger partial charge in [0, 0.05) is 56.1 Å². The van der Waals surface area contributed by atoms with E-state index in [2.05, 4.69) is 29.8 Å². The van der Waals surface area contributed by atoms with Crippen LogP contribution in [0.15, 0.2) is 42.9 Å². The number of fused-ring (bicyclic) bond motifs is 1. The highest BCUT2D eigenvalue weighted by Crippen LogP contribution is 2.32. The first-order valence-corrected chi connectivity index (χ1v) is 12.9. The van der Waals surface area contributed by atoms with Gasteiger partial charge >= 0.3 is 12.4 Å². The van der Waals surface area contributed by atoms with E-state index in [0.717, 1.165) is 11.9 Å². The SMILES string of the molecule is CC(c1ccnc(Cc2nc3c(F)c(-c4cc(C(F)(F)F)ncn4)ccc3[nH]2)c1)N1CCN(C(=O)CC(F)(F)F)CC1. The molecular weight excluding hydrogens is 571 g/mol. The van der Waals surface area contributed by atoms with E-state index in [0.29, 0.717) is 36.2 Å². The first kappa shape index (κ1) is 29.4. The number of halogens is 7. The molecule has 222 valence electrons. The second kappa shape index (κ2) is 11.3. The Morgan fingerprint density at radius 2 is 1.74 bits per heavy atom. The molecule has 1 fully saturated rings. The number of H-pyrrole nitrogens is 1. The molecule has 1 amide bonds. The second-order valence-electron chi connectivity index (χ2n) is 9.93. The number of benzene rings is 1. The number of pyridine rings is 1. The van der Waals surface area contributed by atoms with E-state index in [-0.39, 0.29) is 42.3 Å². The zero-order chi connectivity index (χ0) is 30.2. The van der Waals surface area contributed by atoms with E-state index in [4.69, 9.17) is 0 Å². The van der Waals surface area contributed by atoms with Crippen molar-refractivity contribution in [2.45, 2.75) is 38.2 Å². The van der Waals surface area contributed by atoms with Gasteiger partial charge in [0.05, 0.1) is 11.2 Å². The van der Waals surface area contributed by atoms with Crippen molar-refractivity contribution in [3.63, 3.8) is 0 Å². The molecule has 5 rings (SSSR count). The molecule has 8 nitrogen and oxygen atoms in total. The maximum Gasteiger partial charge on any atom is 0.433 e. The number of aromatic amines is 1. The number of nitrogens with one attached hydrogen (secondary N) is 1. The normalized spacial score (nSPS) is 15.8. The van der Waals surface area contributed by atoms with E-state index >= 15 is 4.39 Å². The van der Waals surface area contributed by atoms with Crippen LogP contribution in [0.2, 0.25) is 0 Å². The van der Waals surface area contributed by atoms with Gasteiger partial charge in [-0.05, 0) is 42.8 Å². The quantitative estimate of drug-likeness (QED) is 0.304. The number of alkyl halides is 6. The van der Waals surface area contributed by atoms with Gasteiger partial charge in [0.25, 0.3) is 0 Å². The molecule has 1 aliphatic rings. The molecule has 0 aliphatic carbocycles. The van der Waals surface area contributed by atoms with E-state index in [1.165, 1.54) is 17.0 Å². The molecule has 4 heterocycles. The Morgan fingerprint density at radius 1 is 1.00 bits per heavy atom. The van der Waals surface area contributed by atoms with Gasteiger partial charge in [0.2, 0.25) is 5.91 Å². The summed E-state index contributed by atoms with van der Waals surface area (Å²) < 4.78 is 92.3.